The van der Waals surface area contributed by atoms with E-state index in [2.05, 4.69) is 58.7 Å². The average molecular weight is 390 g/mol. The molecule has 0 fully saturated rings. The van der Waals surface area contributed by atoms with Gasteiger partial charge in [-0.25, -0.2) is 0 Å². The molecule has 0 saturated carbocycles. The lowest BCUT2D eigenvalue weighted by atomic mass is 10.1. The lowest BCUT2D eigenvalue weighted by Crippen LogP contribution is -2.07. The van der Waals surface area contributed by atoms with Crippen LogP contribution >= 0.6 is 15.9 Å². The summed E-state index contributed by atoms with van der Waals surface area (Å²) in [6.07, 6.45) is 4.60. The number of benzene rings is 1. The monoisotopic (exact) mass is 389 g/mol. The number of allylic oxidation sites excluding steroid dienone is 1. The van der Waals surface area contributed by atoms with Gasteiger partial charge in [-0.1, -0.05) is 47.6 Å². The van der Waals surface area contributed by atoms with Crippen LogP contribution in [0.1, 0.15) is 23.7 Å². The van der Waals surface area contributed by atoms with E-state index < -0.39 is 0 Å². The molecule has 0 N–H and O–H groups in total. The van der Waals surface area contributed by atoms with Gasteiger partial charge >= 0.3 is 0 Å². The Morgan fingerprint density at radius 3 is 2.46 bits per heavy atom. The summed E-state index contributed by atoms with van der Waals surface area (Å²) in [6, 6.07) is 12.3. The lowest BCUT2D eigenvalue weighted by molar-refractivity contribution is 0.283. The molecule has 0 spiro atoms. The Labute approximate surface area is 152 Å². The Morgan fingerprint density at radius 2 is 1.88 bits per heavy atom. The van der Waals surface area contributed by atoms with Crippen molar-refractivity contribution in [1.82, 2.24) is 4.98 Å². The van der Waals surface area contributed by atoms with Crippen molar-refractivity contribution in [3.63, 3.8) is 0 Å². The third-order valence-electron chi connectivity index (χ3n) is 3.87. The van der Waals surface area contributed by atoms with Crippen molar-refractivity contribution < 1.29 is 9.47 Å². The van der Waals surface area contributed by atoms with Crippen molar-refractivity contribution in [2.75, 3.05) is 13.7 Å². The Hall–Kier alpha value is -1.81. The van der Waals surface area contributed by atoms with Crippen molar-refractivity contribution in [2.45, 2.75) is 31.0 Å². The fourth-order valence-electron chi connectivity index (χ4n) is 2.26. The lowest BCUT2D eigenvalue weighted by Gasteiger charge is -2.12. The van der Waals surface area contributed by atoms with Crippen molar-refractivity contribution in [3.8, 4) is 5.75 Å². The van der Waals surface area contributed by atoms with E-state index in [4.69, 9.17) is 9.47 Å². The van der Waals surface area contributed by atoms with Crippen molar-refractivity contribution in [3.05, 3.63) is 71.8 Å². The SMILES string of the molecule is C=C(OC)C(Br)Cc1ccc(OCCc2ccc(CC)cn2)cc1. The molecule has 1 unspecified atom stereocenters. The number of nitrogens with zero attached hydrogens (tertiary/aromatic N) is 1. The normalized spacial score (nSPS) is 11.8. The van der Waals surface area contributed by atoms with Crippen LogP contribution in [-0.2, 0) is 24.0 Å². The zero-order chi connectivity index (χ0) is 17.4. The highest BCUT2D eigenvalue weighted by Gasteiger charge is 2.10. The zero-order valence-electron chi connectivity index (χ0n) is 14.3. The maximum absolute atomic E-state index is 5.80. The van der Waals surface area contributed by atoms with Gasteiger partial charge in [-0.05, 0) is 42.2 Å². The first-order chi connectivity index (χ1) is 11.6. The van der Waals surface area contributed by atoms with E-state index >= 15 is 0 Å². The first-order valence-corrected chi connectivity index (χ1v) is 9.06. The van der Waals surface area contributed by atoms with E-state index in [0.29, 0.717) is 6.61 Å². The molecule has 0 radical (unpaired) electrons. The van der Waals surface area contributed by atoms with Gasteiger partial charge in [0.05, 0.1) is 18.5 Å². The van der Waals surface area contributed by atoms with Gasteiger partial charge in [0.25, 0.3) is 0 Å². The molecular weight excluding hydrogens is 366 g/mol. The molecule has 0 bridgehead atoms. The van der Waals surface area contributed by atoms with E-state index in [9.17, 15) is 0 Å². The maximum Gasteiger partial charge on any atom is 0.119 e. The molecule has 2 rings (SSSR count). The van der Waals surface area contributed by atoms with Gasteiger partial charge in [-0.2, -0.15) is 0 Å². The number of hydrogen-bond acceptors (Lipinski definition) is 3. The van der Waals surface area contributed by atoms with Crippen LogP contribution in [-0.4, -0.2) is 23.5 Å². The van der Waals surface area contributed by atoms with E-state index in [1.807, 2.05) is 18.3 Å². The van der Waals surface area contributed by atoms with Gasteiger partial charge in [0.15, 0.2) is 0 Å². The van der Waals surface area contributed by atoms with Gasteiger partial charge in [0.1, 0.15) is 11.5 Å². The highest BCUT2D eigenvalue weighted by molar-refractivity contribution is 9.09. The molecule has 24 heavy (non-hydrogen) atoms. The predicted octanol–water partition coefficient (Wildman–Crippen LogP) is 4.73. The van der Waals surface area contributed by atoms with Gasteiger partial charge in [0.2, 0.25) is 0 Å². The predicted molar refractivity (Wildman–Crippen MR) is 102 cm³/mol. The van der Waals surface area contributed by atoms with Crippen LogP contribution in [0.5, 0.6) is 5.75 Å². The number of hydrogen-bond donors (Lipinski definition) is 0. The standard InChI is InChI=1S/C20H24BrNO2/c1-4-16-5-8-18(22-14-16)11-12-24-19-9-6-17(7-10-19)13-20(21)15(2)23-3/h5-10,14,20H,2,4,11-13H2,1,3H3. The molecule has 0 aliphatic rings. The summed E-state index contributed by atoms with van der Waals surface area (Å²) >= 11 is 3.57. The molecule has 1 aromatic carbocycles. The van der Waals surface area contributed by atoms with Crippen molar-refractivity contribution >= 4 is 15.9 Å². The number of ether oxygens (including phenoxy) is 2. The van der Waals surface area contributed by atoms with Crippen LogP contribution in [0.3, 0.4) is 0 Å². The van der Waals surface area contributed by atoms with Gasteiger partial charge in [0, 0.05) is 18.3 Å². The second-order valence-electron chi connectivity index (χ2n) is 5.60. The number of aryl methyl sites for hydroxylation is 1. The Balaban J connectivity index is 1.79. The second kappa shape index (κ2) is 9.48. The topological polar surface area (TPSA) is 31.4 Å². The third kappa shape index (κ3) is 5.68. The summed E-state index contributed by atoms with van der Waals surface area (Å²) in [6.45, 7) is 6.62. The van der Waals surface area contributed by atoms with Crippen LogP contribution in [0.2, 0.25) is 0 Å². The number of methoxy groups -OCH3 is 1. The molecule has 1 heterocycles. The second-order valence-corrected chi connectivity index (χ2v) is 6.70. The van der Waals surface area contributed by atoms with Crippen molar-refractivity contribution in [2.24, 2.45) is 0 Å². The van der Waals surface area contributed by atoms with Crippen molar-refractivity contribution in [1.29, 1.82) is 0 Å². The first kappa shape index (κ1) is 18.5. The molecule has 0 amide bonds. The van der Waals surface area contributed by atoms with Gasteiger partial charge < -0.3 is 9.47 Å². The summed E-state index contributed by atoms with van der Waals surface area (Å²) in [7, 11) is 1.64. The van der Waals surface area contributed by atoms with E-state index in [0.717, 1.165) is 36.5 Å². The fraction of sp³-hybridized carbons (Fsp3) is 0.350. The molecule has 1 atom stereocenters. The van der Waals surface area contributed by atoms with Crippen LogP contribution in [0.4, 0.5) is 0 Å². The maximum atomic E-state index is 5.80. The molecule has 128 valence electrons. The molecule has 3 nitrogen and oxygen atoms in total. The van der Waals surface area contributed by atoms with E-state index in [-0.39, 0.29) is 4.83 Å². The number of halogens is 1. The van der Waals surface area contributed by atoms with Gasteiger partial charge in [-0.3, -0.25) is 4.98 Å². The molecule has 0 aliphatic carbocycles. The summed E-state index contributed by atoms with van der Waals surface area (Å²) in [5, 5.41) is 0. The van der Waals surface area contributed by atoms with Crippen LogP contribution in [0, 0.1) is 0 Å². The number of pyridine rings is 1. The Morgan fingerprint density at radius 1 is 1.17 bits per heavy atom. The average Bonchev–Trinajstić information content (AvgIpc) is 2.63. The largest absolute Gasteiger partial charge is 0.501 e. The molecule has 4 heteroatoms. The molecule has 0 saturated heterocycles. The first-order valence-electron chi connectivity index (χ1n) is 8.14. The quantitative estimate of drug-likeness (QED) is 0.458. The van der Waals surface area contributed by atoms with E-state index in [1.54, 1.807) is 7.11 Å². The summed E-state index contributed by atoms with van der Waals surface area (Å²) in [5.74, 6) is 1.61. The number of aromatic nitrogens is 1. The molecule has 0 aliphatic heterocycles. The van der Waals surface area contributed by atoms with E-state index in [1.165, 1.54) is 11.1 Å². The minimum Gasteiger partial charge on any atom is -0.501 e. The fourth-order valence-corrected chi connectivity index (χ4v) is 2.82. The summed E-state index contributed by atoms with van der Waals surface area (Å²) in [4.78, 5) is 4.56. The highest BCUT2D eigenvalue weighted by atomic mass is 79.9. The molecule has 2 aromatic rings. The van der Waals surface area contributed by atoms with Gasteiger partial charge in [-0.15, -0.1) is 0 Å². The van der Waals surface area contributed by atoms with Crippen LogP contribution in [0.25, 0.3) is 0 Å². The summed E-state index contributed by atoms with van der Waals surface area (Å²) < 4.78 is 10.9. The summed E-state index contributed by atoms with van der Waals surface area (Å²) in [5.41, 5.74) is 3.53. The minimum atomic E-state index is 0.117. The molecular formula is C20H24BrNO2. The Bertz CT molecular complexity index is 638. The smallest absolute Gasteiger partial charge is 0.119 e. The number of alkyl halides is 1. The Kier molecular flexibility index (Phi) is 7.32. The van der Waals surface area contributed by atoms with Crippen LogP contribution in [0.15, 0.2) is 54.9 Å². The third-order valence-corrected chi connectivity index (χ3v) is 4.71. The zero-order valence-corrected chi connectivity index (χ0v) is 15.9. The highest BCUT2D eigenvalue weighted by Crippen LogP contribution is 2.19. The minimum absolute atomic E-state index is 0.117. The van der Waals surface area contributed by atoms with Crippen LogP contribution < -0.4 is 4.74 Å². The number of rotatable bonds is 9. The molecule has 1 aromatic heterocycles.